The zero-order valence-corrected chi connectivity index (χ0v) is 11.9. The van der Waals surface area contributed by atoms with Gasteiger partial charge in [-0.05, 0) is 55.7 Å². The summed E-state index contributed by atoms with van der Waals surface area (Å²) in [5.74, 6) is -0.0623. The van der Waals surface area contributed by atoms with Crippen LogP contribution in [0.25, 0.3) is 0 Å². The van der Waals surface area contributed by atoms with Crippen molar-refractivity contribution >= 4 is 5.91 Å². The van der Waals surface area contributed by atoms with Gasteiger partial charge in [0.15, 0.2) is 0 Å². The third-order valence-electron chi connectivity index (χ3n) is 4.01. The Kier molecular flexibility index (Phi) is 4.59. The van der Waals surface area contributed by atoms with Crippen LogP contribution < -0.4 is 11.1 Å². The summed E-state index contributed by atoms with van der Waals surface area (Å²) in [5.41, 5.74) is 9.84. The molecule has 3 heteroatoms. The number of nitrogens with two attached hydrogens (primary N) is 1. The highest BCUT2D eigenvalue weighted by Gasteiger charge is 2.16. The number of hydrogen-bond acceptors (Lipinski definition) is 2. The first-order valence-electron chi connectivity index (χ1n) is 7.29. The van der Waals surface area contributed by atoms with Gasteiger partial charge in [0.2, 0.25) is 5.91 Å². The van der Waals surface area contributed by atoms with E-state index in [1.54, 1.807) is 0 Å². The average molecular weight is 260 g/mol. The van der Waals surface area contributed by atoms with Gasteiger partial charge >= 0.3 is 0 Å². The minimum atomic E-state index is -0.403. The van der Waals surface area contributed by atoms with Gasteiger partial charge < -0.3 is 11.1 Å². The van der Waals surface area contributed by atoms with Gasteiger partial charge in [-0.3, -0.25) is 4.79 Å². The highest BCUT2D eigenvalue weighted by molar-refractivity contribution is 5.81. The number of carbonyl (C=O) groups excluding carboxylic acids is 1. The molecule has 0 heterocycles. The number of nitrogens with one attached hydrogen (secondary N) is 1. The summed E-state index contributed by atoms with van der Waals surface area (Å²) in [5, 5.41) is 2.99. The first kappa shape index (κ1) is 14.1. The summed E-state index contributed by atoms with van der Waals surface area (Å²) in [6.07, 6.45) is 5.60. The molecule has 1 aromatic rings. The monoisotopic (exact) mass is 260 g/mol. The largest absolute Gasteiger partial charge is 0.348 e. The van der Waals surface area contributed by atoms with Gasteiger partial charge in [0.05, 0.1) is 12.1 Å². The normalized spacial score (nSPS) is 17.4. The van der Waals surface area contributed by atoms with Crippen LogP contribution in [0.4, 0.5) is 0 Å². The van der Waals surface area contributed by atoms with E-state index < -0.39 is 6.04 Å². The molecule has 19 heavy (non-hydrogen) atoms. The van der Waals surface area contributed by atoms with Crippen LogP contribution in [0.5, 0.6) is 0 Å². The number of benzene rings is 1. The Labute approximate surface area is 115 Å². The Morgan fingerprint density at radius 3 is 2.68 bits per heavy atom. The fraction of sp³-hybridized carbons (Fsp3) is 0.562. The van der Waals surface area contributed by atoms with Crippen LogP contribution in [0.1, 0.15) is 55.8 Å². The maximum atomic E-state index is 11.8. The maximum absolute atomic E-state index is 11.8. The van der Waals surface area contributed by atoms with Gasteiger partial charge in [-0.2, -0.15) is 0 Å². The predicted molar refractivity (Wildman–Crippen MR) is 77.9 cm³/mol. The molecule has 0 aromatic heterocycles. The molecule has 104 valence electrons. The van der Waals surface area contributed by atoms with E-state index in [1.165, 1.54) is 36.0 Å². The number of fused-ring (bicyclic) bond motifs is 1. The number of amides is 1. The zero-order valence-electron chi connectivity index (χ0n) is 11.9. The Morgan fingerprint density at radius 1 is 1.32 bits per heavy atom. The fourth-order valence-electron chi connectivity index (χ4n) is 2.61. The average Bonchev–Trinajstić information content (AvgIpc) is 2.45. The van der Waals surface area contributed by atoms with Gasteiger partial charge in [-0.1, -0.05) is 25.1 Å². The van der Waals surface area contributed by atoms with Gasteiger partial charge in [-0.25, -0.2) is 0 Å². The van der Waals surface area contributed by atoms with Crippen LogP contribution in [0, 0.1) is 0 Å². The molecule has 1 aliphatic rings. The lowest BCUT2D eigenvalue weighted by Crippen LogP contribution is -2.41. The molecule has 0 aliphatic heterocycles. The quantitative estimate of drug-likeness (QED) is 0.874. The topological polar surface area (TPSA) is 55.1 Å². The maximum Gasteiger partial charge on any atom is 0.237 e. The van der Waals surface area contributed by atoms with E-state index in [1.807, 2.05) is 13.8 Å². The van der Waals surface area contributed by atoms with Crippen LogP contribution in [-0.4, -0.2) is 11.9 Å². The van der Waals surface area contributed by atoms with E-state index in [4.69, 9.17) is 5.73 Å². The fourth-order valence-corrected chi connectivity index (χ4v) is 2.61. The molecule has 1 amide bonds. The first-order chi connectivity index (χ1) is 9.11. The number of hydrogen-bond donors (Lipinski definition) is 2. The van der Waals surface area contributed by atoms with Crippen LogP contribution in [0.2, 0.25) is 0 Å². The summed E-state index contributed by atoms with van der Waals surface area (Å²) in [6.45, 7) is 3.94. The molecule has 0 radical (unpaired) electrons. The minimum Gasteiger partial charge on any atom is -0.348 e. The minimum absolute atomic E-state index is 0.0253. The molecule has 3 nitrogen and oxygen atoms in total. The van der Waals surface area contributed by atoms with Gasteiger partial charge in [0.25, 0.3) is 0 Å². The molecular weight excluding hydrogens is 236 g/mol. The molecule has 0 spiro atoms. The molecule has 1 aromatic carbocycles. The lowest BCUT2D eigenvalue weighted by atomic mass is 9.89. The first-order valence-corrected chi connectivity index (χ1v) is 7.29. The second-order valence-corrected chi connectivity index (χ2v) is 5.48. The van der Waals surface area contributed by atoms with Crippen LogP contribution in [0.3, 0.4) is 0 Å². The van der Waals surface area contributed by atoms with Crippen LogP contribution in [0.15, 0.2) is 18.2 Å². The van der Waals surface area contributed by atoms with Crippen molar-refractivity contribution in [3.05, 3.63) is 34.9 Å². The zero-order chi connectivity index (χ0) is 13.8. The Morgan fingerprint density at radius 2 is 2.00 bits per heavy atom. The summed E-state index contributed by atoms with van der Waals surface area (Å²) in [7, 11) is 0. The summed E-state index contributed by atoms with van der Waals surface area (Å²) < 4.78 is 0. The Balaban J connectivity index is 2.07. The molecule has 0 fully saturated rings. The molecular formula is C16H24N2O. The van der Waals surface area contributed by atoms with Crippen molar-refractivity contribution < 1.29 is 4.79 Å². The summed E-state index contributed by atoms with van der Waals surface area (Å²) in [6, 6.07) is 6.22. The van der Waals surface area contributed by atoms with E-state index in [-0.39, 0.29) is 11.9 Å². The molecule has 3 N–H and O–H groups in total. The Bertz CT molecular complexity index is 456. The van der Waals surface area contributed by atoms with Crippen molar-refractivity contribution in [3.63, 3.8) is 0 Å². The number of rotatable bonds is 4. The van der Waals surface area contributed by atoms with Crippen molar-refractivity contribution in [3.8, 4) is 0 Å². The molecule has 2 atom stereocenters. The molecule has 0 saturated heterocycles. The molecule has 2 unspecified atom stereocenters. The molecule has 0 saturated carbocycles. The molecule has 2 rings (SSSR count). The second-order valence-electron chi connectivity index (χ2n) is 5.48. The number of aryl methyl sites for hydroxylation is 2. The van der Waals surface area contributed by atoms with E-state index in [0.29, 0.717) is 6.42 Å². The lowest BCUT2D eigenvalue weighted by molar-refractivity contribution is -0.123. The Hall–Kier alpha value is -1.35. The number of carbonyl (C=O) groups is 1. The van der Waals surface area contributed by atoms with Gasteiger partial charge in [0.1, 0.15) is 0 Å². The molecule has 0 bridgehead atoms. The molecule has 1 aliphatic carbocycles. The van der Waals surface area contributed by atoms with Crippen molar-refractivity contribution in [1.29, 1.82) is 0 Å². The smallest absolute Gasteiger partial charge is 0.237 e. The predicted octanol–water partition coefficient (Wildman–Crippen LogP) is 2.48. The second kappa shape index (κ2) is 6.20. The van der Waals surface area contributed by atoms with Crippen molar-refractivity contribution in [2.45, 2.75) is 58.0 Å². The SMILES string of the molecule is CCC(N)C(=O)NC(C)c1ccc2c(c1)CCCC2. The van der Waals surface area contributed by atoms with Crippen molar-refractivity contribution in [1.82, 2.24) is 5.32 Å². The highest BCUT2D eigenvalue weighted by atomic mass is 16.2. The van der Waals surface area contributed by atoms with Crippen molar-refractivity contribution in [2.75, 3.05) is 0 Å². The summed E-state index contributed by atoms with van der Waals surface area (Å²) >= 11 is 0. The summed E-state index contributed by atoms with van der Waals surface area (Å²) in [4.78, 5) is 11.8. The van der Waals surface area contributed by atoms with Gasteiger partial charge in [0, 0.05) is 0 Å². The van der Waals surface area contributed by atoms with Crippen molar-refractivity contribution in [2.24, 2.45) is 5.73 Å². The third kappa shape index (κ3) is 3.35. The van der Waals surface area contributed by atoms with Crippen LogP contribution in [-0.2, 0) is 17.6 Å². The van der Waals surface area contributed by atoms with E-state index in [0.717, 1.165) is 6.42 Å². The van der Waals surface area contributed by atoms with Gasteiger partial charge in [-0.15, -0.1) is 0 Å². The van der Waals surface area contributed by atoms with Crippen LogP contribution >= 0.6 is 0 Å². The van der Waals surface area contributed by atoms with E-state index >= 15 is 0 Å². The highest BCUT2D eigenvalue weighted by Crippen LogP contribution is 2.24. The van der Waals surface area contributed by atoms with E-state index in [2.05, 4.69) is 23.5 Å². The standard InChI is InChI=1S/C16H24N2O/c1-3-15(17)16(19)18-11(2)13-9-8-12-6-4-5-7-14(12)10-13/h8-11,15H,3-7,17H2,1-2H3,(H,18,19). The van der Waals surface area contributed by atoms with E-state index in [9.17, 15) is 4.79 Å². The lowest BCUT2D eigenvalue weighted by Gasteiger charge is -2.21. The third-order valence-corrected chi connectivity index (χ3v) is 4.01.